The SMILES string of the molecule is CC(C)c1ccc(-c2nc(NC(=O)CN3CCOCC3)cs2)cn1. The number of nitrogens with one attached hydrogen (secondary N) is 1. The van der Waals surface area contributed by atoms with Crippen LogP contribution in [0.25, 0.3) is 10.6 Å². The highest BCUT2D eigenvalue weighted by molar-refractivity contribution is 7.13. The molecule has 24 heavy (non-hydrogen) atoms. The van der Waals surface area contributed by atoms with E-state index >= 15 is 0 Å². The molecule has 2 aromatic heterocycles. The van der Waals surface area contributed by atoms with Crippen LogP contribution in [-0.4, -0.2) is 53.6 Å². The molecular weight excluding hydrogens is 324 g/mol. The number of nitrogens with zero attached hydrogens (tertiary/aromatic N) is 3. The predicted octanol–water partition coefficient (Wildman–Crippen LogP) is 2.60. The maximum atomic E-state index is 12.1. The van der Waals surface area contributed by atoms with Gasteiger partial charge < -0.3 is 10.1 Å². The number of pyridine rings is 1. The van der Waals surface area contributed by atoms with Crippen LogP contribution in [0.5, 0.6) is 0 Å². The number of amides is 1. The van der Waals surface area contributed by atoms with Crippen molar-refractivity contribution in [3.63, 3.8) is 0 Å². The monoisotopic (exact) mass is 346 g/mol. The average Bonchev–Trinajstić information content (AvgIpc) is 3.04. The summed E-state index contributed by atoms with van der Waals surface area (Å²) in [7, 11) is 0. The minimum Gasteiger partial charge on any atom is -0.379 e. The number of anilines is 1. The maximum absolute atomic E-state index is 12.1. The van der Waals surface area contributed by atoms with E-state index in [1.807, 2.05) is 23.7 Å². The first-order valence-corrected chi connectivity index (χ1v) is 9.01. The molecule has 1 aliphatic heterocycles. The van der Waals surface area contributed by atoms with Crippen molar-refractivity contribution >= 4 is 23.1 Å². The second kappa shape index (κ2) is 7.83. The Balaban J connectivity index is 1.59. The summed E-state index contributed by atoms with van der Waals surface area (Å²) in [6.45, 7) is 7.58. The lowest BCUT2D eigenvalue weighted by Crippen LogP contribution is -2.41. The third kappa shape index (κ3) is 4.37. The van der Waals surface area contributed by atoms with Gasteiger partial charge in [-0.15, -0.1) is 11.3 Å². The standard InChI is InChI=1S/C17H22N4O2S/c1-12(2)14-4-3-13(9-18-14)17-20-15(11-24-17)19-16(22)10-21-5-7-23-8-6-21/h3-4,9,11-12H,5-8,10H2,1-2H3,(H,19,22). The Bertz CT molecular complexity index is 678. The second-order valence-electron chi connectivity index (χ2n) is 6.10. The van der Waals surface area contributed by atoms with E-state index in [0.717, 1.165) is 29.4 Å². The normalized spacial score (nSPS) is 15.6. The Labute approximate surface area is 145 Å². The van der Waals surface area contributed by atoms with Gasteiger partial charge in [-0.2, -0.15) is 0 Å². The van der Waals surface area contributed by atoms with Crippen molar-refractivity contribution in [1.29, 1.82) is 0 Å². The zero-order valence-electron chi connectivity index (χ0n) is 14.0. The quantitative estimate of drug-likeness (QED) is 0.901. The summed E-state index contributed by atoms with van der Waals surface area (Å²) in [5, 5.41) is 5.59. The van der Waals surface area contributed by atoms with E-state index in [1.54, 1.807) is 0 Å². The van der Waals surface area contributed by atoms with Crippen molar-refractivity contribution in [2.45, 2.75) is 19.8 Å². The van der Waals surface area contributed by atoms with E-state index in [9.17, 15) is 4.79 Å². The minimum absolute atomic E-state index is 0.0398. The van der Waals surface area contributed by atoms with Gasteiger partial charge in [-0.3, -0.25) is 14.7 Å². The molecule has 1 N–H and O–H groups in total. The van der Waals surface area contributed by atoms with Crippen molar-refractivity contribution in [3.05, 3.63) is 29.4 Å². The van der Waals surface area contributed by atoms with E-state index in [2.05, 4.69) is 34.0 Å². The molecule has 1 fully saturated rings. The molecule has 1 amide bonds. The van der Waals surface area contributed by atoms with Gasteiger partial charge in [-0.1, -0.05) is 13.8 Å². The first-order valence-electron chi connectivity index (χ1n) is 8.13. The summed E-state index contributed by atoms with van der Waals surface area (Å²) in [6, 6.07) is 4.05. The van der Waals surface area contributed by atoms with E-state index in [0.29, 0.717) is 31.5 Å². The average molecular weight is 346 g/mol. The Morgan fingerprint density at radius 3 is 2.83 bits per heavy atom. The van der Waals surface area contributed by atoms with E-state index in [1.165, 1.54) is 11.3 Å². The zero-order valence-corrected chi connectivity index (χ0v) is 14.8. The largest absolute Gasteiger partial charge is 0.379 e. The fraction of sp³-hybridized carbons (Fsp3) is 0.471. The summed E-state index contributed by atoms with van der Waals surface area (Å²) in [5.74, 6) is 0.966. The van der Waals surface area contributed by atoms with Crippen LogP contribution in [0.2, 0.25) is 0 Å². The van der Waals surface area contributed by atoms with Crippen LogP contribution < -0.4 is 5.32 Å². The van der Waals surface area contributed by atoms with Crippen molar-refractivity contribution in [1.82, 2.24) is 14.9 Å². The lowest BCUT2D eigenvalue weighted by atomic mass is 10.1. The maximum Gasteiger partial charge on any atom is 0.239 e. The number of thiazole rings is 1. The molecule has 0 aliphatic carbocycles. The smallest absolute Gasteiger partial charge is 0.239 e. The van der Waals surface area contributed by atoms with E-state index in [4.69, 9.17) is 4.74 Å². The lowest BCUT2D eigenvalue weighted by Gasteiger charge is -2.25. The lowest BCUT2D eigenvalue weighted by molar-refractivity contribution is -0.118. The van der Waals surface area contributed by atoms with Crippen LogP contribution in [-0.2, 0) is 9.53 Å². The van der Waals surface area contributed by atoms with Crippen LogP contribution >= 0.6 is 11.3 Å². The summed E-state index contributed by atoms with van der Waals surface area (Å²) < 4.78 is 5.28. The van der Waals surface area contributed by atoms with Crippen LogP contribution in [0, 0.1) is 0 Å². The van der Waals surface area contributed by atoms with Gasteiger partial charge in [0.25, 0.3) is 0 Å². The first-order chi connectivity index (χ1) is 11.6. The fourth-order valence-corrected chi connectivity index (χ4v) is 3.22. The van der Waals surface area contributed by atoms with Gasteiger partial charge in [-0.25, -0.2) is 4.98 Å². The molecule has 0 radical (unpaired) electrons. The van der Waals surface area contributed by atoms with Crippen molar-refractivity contribution < 1.29 is 9.53 Å². The molecule has 2 aromatic rings. The summed E-state index contributed by atoms with van der Waals surface area (Å²) in [6.07, 6.45) is 1.84. The van der Waals surface area contributed by atoms with Gasteiger partial charge in [0.1, 0.15) is 10.8 Å². The molecule has 0 saturated carbocycles. The molecular formula is C17H22N4O2S. The Kier molecular flexibility index (Phi) is 5.55. The number of ether oxygens (including phenoxy) is 1. The highest BCUT2D eigenvalue weighted by Gasteiger charge is 2.15. The summed E-state index contributed by atoms with van der Waals surface area (Å²) >= 11 is 1.51. The van der Waals surface area contributed by atoms with Crippen molar-refractivity contribution in [3.8, 4) is 10.6 Å². The topological polar surface area (TPSA) is 67.4 Å². The molecule has 128 valence electrons. The molecule has 3 rings (SSSR count). The highest BCUT2D eigenvalue weighted by atomic mass is 32.1. The molecule has 0 spiro atoms. The Morgan fingerprint density at radius 1 is 1.38 bits per heavy atom. The van der Waals surface area contributed by atoms with Gasteiger partial charge in [0.15, 0.2) is 0 Å². The Morgan fingerprint density at radius 2 is 2.17 bits per heavy atom. The van der Waals surface area contributed by atoms with Gasteiger partial charge in [-0.05, 0) is 18.1 Å². The van der Waals surface area contributed by atoms with Crippen molar-refractivity contribution in [2.75, 3.05) is 38.2 Å². The van der Waals surface area contributed by atoms with Gasteiger partial charge in [0.05, 0.1) is 19.8 Å². The molecule has 1 aliphatic rings. The Hall–Kier alpha value is -1.83. The molecule has 7 heteroatoms. The number of hydrogen-bond donors (Lipinski definition) is 1. The number of carbonyl (C=O) groups is 1. The van der Waals surface area contributed by atoms with E-state index in [-0.39, 0.29) is 5.91 Å². The van der Waals surface area contributed by atoms with Crippen molar-refractivity contribution in [2.24, 2.45) is 0 Å². The first kappa shape index (κ1) is 17.0. The van der Waals surface area contributed by atoms with Gasteiger partial charge in [0.2, 0.25) is 5.91 Å². The molecule has 1 saturated heterocycles. The third-order valence-corrected chi connectivity index (χ3v) is 4.76. The van der Waals surface area contributed by atoms with Crippen LogP contribution in [0.15, 0.2) is 23.7 Å². The van der Waals surface area contributed by atoms with E-state index < -0.39 is 0 Å². The number of morpholine rings is 1. The molecule has 0 unspecified atom stereocenters. The molecule has 0 atom stereocenters. The zero-order chi connectivity index (χ0) is 16.9. The fourth-order valence-electron chi connectivity index (χ4n) is 2.48. The number of hydrogen-bond acceptors (Lipinski definition) is 6. The summed E-state index contributed by atoms with van der Waals surface area (Å²) in [5.41, 5.74) is 2.03. The number of carbonyl (C=O) groups excluding carboxylic acids is 1. The molecule has 3 heterocycles. The third-order valence-electron chi connectivity index (χ3n) is 3.87. The molecule has 6 nitrogen and oxygen atoms in total. The van der Waals surface area contributed by atoms with Crippen LogP contribution in [0.4, 0.5) is 5.82 Å². The molecule has 0 aromatic carbocycles. The minimum atomic E-state index is -0.0398. The second-order valence-corrected chi connectivity index (χ2v) is 6.96. The summed E-state index contributed by atoms with van der Waals surface area (Å²) in [4.78, 5) is 23.1. The number of rotatable bonds is 5. The predicted molar refractivity (Wildman–Crippen MR) is 95.3 cm³/mol. The number of aromatic nitrogens is 2. The van der Waals surface area contributed by atoms with Gasteiger partial charge >= 0.3 is 0 Å². The molecule has 0 bridgehead atoms. The van der Waals surface area contributed by atoms with Gasteiger partial charge in [0, 0.05) is 35.9 Å². The highest BCUT2D eigenvalue weighted by Crippen LogP contribution is 2.26. The van der Waals surface area contributed by atoms with Crippen LogP contribution in [0.3, 0.4) is 0 Å². The van der Waals surface area contributed by atoms with Crippen LogP contribution in [0.1, 0.15) is 25.5 Å².